The topological polar surface area (TPSA) is 75.6 Å². The van der Waals surface area contributed by atoms with Gasteiger partial charge in [-0.15, -0.1) is 0 Å². The summed E-state index contributed by atoms with van der Waals surface area (Å²) in [5, 5.41) is 11.3. The fraction of sp³-hybridized carbons (Fsp3) is 0.800. The third-order valence-corrected chi connectivity index (χ3v) is 1.74. The number of hydrogen-bond acceptors (Lipinski definition) is 4. The van der Waals surface area contributed by atoms with Crippen molar-refractivity contribution in [2.24, 2.45) is 5.41 Å². The molecule has 0 saturated heterocycles. The van der Waals surface area contributed by atoms with Gasteiger partial charge in [-0.05, 0) is 6.92 Å². The molecule has 1 unspecified atom stereocenters. The van der Waals surface area contributed by atoms with E-state index in [-0.39, 0.29) is 12.5 Å². The Hall–Kier alpha value is -1.10. The number of carbonyl (C=O) groups is 2. The molecule has 0 spiro atoms. The first-order valence-electron chi connectivity index (χ1n) is 4.91. The summed E-state index contributed by atoms with van der Waals surface area (Å²) in [7, 11) is 0. The number of aliphatic hydroxyl groups is 1. The van der Waals surface area contributed by atoms with Gasteiger partial charge in [-0.2, -0.15) is 0 Å². The first-order valence-corrected chi connectivity index (χ1v) is 4.91. The van der Waals surface area contributed by atoms with Crippen molar-refractivity contribution in [1.82, 2.24) is 5.32 Å². The van der Waals surface area contributed by atoms with Gasteiger partial charge in [0.25, 0.3) is 0 Å². The third-order valence-electron chi connectivity index (χ3n) is 1.74. The second kappa shape index (κ2) is 5.70. The predicted octanol–water partition coefficient (Wildman–Crippen LogP) is 0.0727. The predicted molar refractivity (Wildman–Crippen MR) is 55.1 cm³/mol. The molecule has 15 heavy (non-hydrogen) atoms. The molecule has 5 nitrogen and oxygen atoms in total. The Balaban J connectivity index is 4.34. The van der Waals surface area contributed by atoms with Crippen molar-refractivity contribution in [1.29, 1.82) is 0 Å². The zero-order valence-corrected chi connectivity index (χ0v) is 9.66. The molecule has 88 valence electrons. The van der Waals surface area contributed by atoms with Gasteiger partial charge in [0.05, 0.1) is 13.2 Å². The van der Waals surface area contributed by atoms with Crippen LogP contribution in [0.3, 0.4) is 0 Å². The van der Waals surface area contributed by atoms with Gasteiger partial charge >= 0.3 is 5.97 Å². The van der Waals surface area contributed by atoms with Gasteiger partial charge < -0.3 is 15.2 Å². The van der Waals surface area contributed by atoms with Crippen molar-refractivity contribution in [3.63, 3.8) is 0 Å². The molecule has 0 aromatic rings. The smallest absolute Gasteiger partial charge is 0.331 e. The minimum atomic E-state index is -0.975. The zero-order chi connectivity index (χ0) is 12.1. The van der Waals surface area contributed by atoms with E-state index in [1.807, 2.05) is 0 Å². The summed E-state index contributed by atoms with van der Waals surface area (Å²) < 4.78 is 4.69. The van der Waals surface area contributed by atoms with Crippen LogP contribution >= 0.6 is 0 Å². The SMILES string of the molecule is CCOC(=O)C(CO)NC(=O)C(C)(C)C. The molecular weight excluding hydrogens is 198 g/mol. The number of nitrogens with one attached hydrogen (secondary N) is 1. The molecule has 0 aliphatic rings. The lowest BCUT2D eigenvalue weighted by molar-refractivity contribution is -0.149. The summed E-state index contributed by atoms with van der Waals surface area (Å²) >= 11 is 0. The van der Waals surface area contributed by atoms with Crippen LogP contribution in [-0.4, -0.2) is 36.2 Å². The van der Waals surface area contributed by atoms with E-state index in [0.29, 0.717) is 0 Å². The van der Waals surface area contributed by atoms with E-state index in [2.05, 4.69) is 5.32 Å². The second-order valence-electron chi connectivity index (χ2n) is 4.21. The lowest BCUT2D eigenvalue weighted by Crippen LogP contribution is -2.48. The van der Waals surface area contributed by atoms with E-state index in [1.165, 1.54) is 0 Å². The summed E-state index contributed by atoms with van der Waals surface area (Å²) in [6.45, 7) is 6.60. The first-order chi connectivity index (χ1) is 6.82. The van der Waals surface area contributed by atoms with Gasteiger partial charge in [-0.25, -0.2) is 4.79 Å². The highest BCUT2D eigenvalue weighted by Gasteiger charge is 2.27. The van der Waals surface area contributed by atoms with Crippen LogP contribution in [0.1, 0.15) is 27.7 Å². The molecule has 0 saturated carbocycles. The molecule has 0 aromatic heterocycles. The molecule has 0 fully saturated rings. The molecule has 0 bridgehead atoms. The van der Waals surface area contributed by atoms with E-state index in [4.69, 9.17) is 9.84 Å². The van der Waals surface area contributed by atoms with Gasteiger partial charge in [0.2, 0.25) is 5.91 Å². The quantitative estimate of drug-likeness (QED) is 0.653. The lowest BCUT2D eigenvalue weighted by atomic mass is 9.95. The number of rotatable bonds is 4. The highest BCUT2D eigenvalue weighted by Crippen LogP contribution is 2.12. The Morgan fingerprint density at radius 3 is 2.27 bits per heavy atom. The molecule has 5 heteroatoms. The van der Waals surface area contributed by atoms with Gasteiger partial charge in [0.1, 0.15) is 0 Å². The van der Waals surface area contributed by atoms with Crippen LogP contribution in [0.15, 0.2) is 0 Å². The number of aliphatic hydroxyl groups excluding tert-OH is 1. The van der Waals surface area contributed by atoms with Gasteiger partial charge in [-0.1, -0.05) is 20.8 Å². The van der Waals surface area contributed by atoms with Crippen LogP contribution in [0.4, 0.5) is 0 Å². The van der Waals surface area contributed by atoms with Crippen molar-refractivity contribution >= 4 is 11.9 Å². The van der Waals surface area contributed by atoms with Gasteiger partial charge in [0.15, 0.2) is 6.04 Å². The first kappa shape index (κ1) is 13.9. The molecule has 0 aromatic carbocycles. The Morgan fingerprint density at radius 2 is 1.93 bits per heavy atom. The molecule has 2 N–H and O–H groups in total. The average molecular weight is 217 g/mol. The van der Waals surface area contributed by atoms with Crippen molar-refractivity contribution in [3.05, 3.63) is 0 Å². The van der Waals surface area contributed by atoms with Crippen molar-refractivity contribution in [2.75, 3.05) is 13.2 Å². The maximum Gasteiger partial charge on any atom is 0.331 e. The van der Waals surface area contributed by atoms with E-state index in [1.54, 1.807) is 27.7 Å². The van der Waals surface area contributed by atoms with E-state index in [0.717, 1.165) is 0 Å². The largest absolute Gasteiger partial charge is 0.464 e. The van der Waals surface area contributed by atoms with Crippen LogP contribution in [0.2, 0.25) is 0 Å². The summed E-state index contributed by atoms with van der Waals surface area (Å²) in [6, 6.07) is -0.975. The number of carbonyl (C=O) groups excluding carboxylic acids is 2. The van der Waals surface area contributed by atoms with Crippen LogP contribution in [0.25, 0.3) is 0 Å². The highest BCUT2D eigenvalue weighted by molar-refractivity contribution is 5.87. The average Bonchev–Trinajstić information content (AvgIpc) is 2.12. The highest BCUT2D eigenvalue weighted by atomic mass is 16.5. The Labute approximate surface area is 89.8 Å². The summed E-state index contributed by atoms with van der Waals surface area (Å²) in [5.74, 6) is -0.910. The minimum absolute atomic E-state index is 0.223. The van der Waals surface area contributed by atoms with Crippen molar-refractivity contribution < 1.29 is 19.4 Å². The normalized spacial score (nSPS) is 13.1. The van der Waals surface area contributed by atoms with Crippen molar-refractivity contribution in [3.8, 4) is 0 Å². The fourth-order valence-electron chi connectivity index (χ4n) is 0.797. The Kier molecular flexibility index (Phi) is 5.28. The maximum atomic E-state index is 11.5. The Bertz CT molecular complexity index is 232. The monoisotopic (exact) mass is 217 g/mol. The van der Waals surface area contributed by atoms with E-state index in [9.17, 15) is 9.59 Å². The molecule has 0 rings (SSSR count). The standard InChI is InChI=1S/C10H19NO4/c1-5-15-8(13)7(6-12)11-9(14)10(2,3)4/h7,12H,5-6H2,1-4H3,(H,11,14). The minimum Gasteiger partial charge on any atom is -0.464 e. The number of ether oxygens (including phenoxy) is 1. The summed E-state index contributed by atoms with van der Waals surface area (Å²) in [6.07, 6.45) is 0. The third kappa shape index (κ3) is 4.78. The van der Waals surface area contributed by atoms with Crippen molar-refractivity contribution in [2.45, 2.75) is 33.7 Å². The molecule has 0 aliphatic heterocycles. The van der Waals surface area contributed by atoms with E-state index >= 15 is 0 Å². The van der Waals surface area contributed by atoms with Gasteiger partial charge in [-0.3, -0.25) is 4.79 Å². The van der Waals surface area contributed by atoms with Crippen LogP contribution in [0.5, 0.6) is 0 Å². The van der Waals surface area contributed by atoms with Gasteiger partial charge in [0, 0.05) is 5.41 Å². The summed E-state index contributed by atoms with van der Waals surface area (Å²) in [5.41, 5.74) is -0.597. The molecule has 0 radical (unpaired) electrons. The Morgan fingerprint density at radius 1 is 1.40 bits per heavy atom. The maximum absolute atomic E-state index is 11.5. The van der Waals surface area contributed by atoms with Crippen LogP contribution in [0, 0.1) is 5.41 Å². The zero-order valence-electron chi connectivity index (χ0n) is 9.66. The number of esters is 1. The molecule has 1 atom stereocenters. The fourth-order valence-corrected chi connectivity index (χ4v) is 0.797. The molecular formula is C10H19NO4. The lowest BCUT2D eigenvalue weighted by Gasteiger charge is -2.21. The molecule has 0 aliphatic carbocycles. The molecule has 0 heterocycles. The van der Waals surface area contributed by atoms with E-state index < -0.39 is 24.0 Å². The summed E-state index contributed by atoms with van der Waals surface area (Å²) in [4.78, 5) is 22.8. The number of hydrogen-bond donors (Lipinski definition) is 2. The van der Waals surface area contributed by atoms with Crippen LogP contribution in [-0.2, 0) is 14.3 Å². The number of amides is 1. The second-order valence-corrected chi connectivity index (χ2v) is 4.21. The molecule has 1 amide bonds. The van der Waals surface area contributed by atoms with Crippen LogP contribution < -0.4 is 5.32 Å².